The highest BCUT2D eigenvalue weighted by Gasteiger charge is 2.51. The van der Waals surface area contributed by atoms with Gasteiger partial charge in [-0.2, -0.15) is 17.5 Å². The van der Waals surface area contributed by atoms with Crippen LogP contribution in [0.4, 0.5) is 24.5 Å². The number of benzene rings is 2. The predicted molar refractivity (Wildman–Crippen MR) is 153 cm³/mol. The van der Waals surface area contributed by atoms with Crippen LogP contribution >= 0.6 is 12.2 Å². The number of nitrogens with zero attached hydrogens (tertiary/aromatic N) is 3. The van der Waals surface area contributed by atoms with Crippen LogP contribution in [0.5, 0.6) is 0 Å². The maximum Gasteiger partial charge on any atom is 0.421 e. The maximum atomic E-state index is 13.6. The van der Waals surface area contributed by atoms with Gasteiger partial charge in [0.2, 0.25) is 15.9 Å². The molecule has 0 bridgehead atoms. The molecule has 2 aromatic carbocycles. The Hall–Kier alpha value is -3.06. The zero-order valence-corrected chi connectivity index (χ0v) is 23.6. The molecule has 4 rings (SSSR count). The van der Waals surface area contributed by atoms with Crippen molar-refractivity contribution in [3.63, 3.8) is 0 Å². The van der Waals surface area contributed by atoms with Gasteiger partial charge in [0.05, 0.1) is 10.9 Å². The van der Waals surface area contributed by atoms with Gasteiger partial charge < -0.3 is 14.9 Å². The number of aliphatic hydroxyl groups is 1. The number of thiocarbonyl (C=S) groups is 1. The first-order chi connectivity index (χ1) is 18.7. The van der Waals surface area contributed by atoms with E-state index >= 15 is 0 Å². The average Bonchev–Trinajstić information content (AvgIpc) is 2.91. The Labute approximate surface area is 237 Å². The third-order valence-electron chi connectivity index (χ3n) is 7.18. The summed E-state index contributed by atoms with van der Waals surface area (Å²) in [6.07, 6.45) is 0.412. The van der Waals surface area contributed by atoms with Gasteiger partial charge in [-0.25, -0.2) is 8.42 Å². The summed E-state index contributed by atoms with van der Waals surface area (Å²) < 4.78 is 68.6. The normalized spacial score (nSPS) is 20.1. The molecule has 214 valence electrons. The summed E-state index contributed by atoms with van der Waals surface area (Å²) in [5.41, 5.74) is -2.18. The number of carbonyl (C=O) groups is 1. The van der Waals surface area contributed by atoms with Crippen molar-refractivity contribution >= 4 is 44.4 Å². The van der Waals surface area contributed by atoms with Crippen LogP contribution in [0.25, 0.3) is 0 Å². The molecule has 1 amide bonds. The van der Waals surface area contributed by atoms with Crippen molar-refractivity contribution in [3.05, 3.63) is 83.3 Å². The Balaban J connectivity index is 1.69. The average molecular weight is 594 g/mol. The number of alkyl halides is 3. The first-order valence-electron chi connectivity index (χ1n) is 12.6. The largest absolute Gasteiger partial charge is 0.421 e. The molecule has 1 N–H and O–H groups in total. The molecule has 0 saturated carbocycles. The summed E-state index contributed by atoms with van der Waals surface area (Å²) >= 11 is 5.32. The van der Waals surface area contributed by atoms with Crippen LogP contribution in [-0.2, 0) is 20.4 Å². The molecule has 0 radical (unpaired) electrons. The van der Waals surface area contributed by atoms with Crippen LogP contribution in [0.3, 0.4) is 0 Å². The third kappa shape index (κ3) is 5.99. The van der Waals surface area contributed by atoms with E-state index < -0.39 is 27.8 Å². The third-order valence-corrected chi connectivity index (χ3v) is 9.64. The van der Waals surface area contributed by atoms with Crippen LogP contribution in [0.1, 0.15) is 25.8 Å². The number of piperazine rings is 1. The van der Waals surface area contributed by atoms with E-state index in [1.54, 1.807) is 41.3 Å². The number of para-hydroxylation sites is 1. The van der Waals surface area contributed by atoms with Gasteiger partial charge >= 0.3 is 6.18 Å². The molecule has 1 saturated heterocycles. The number of rotatable bonds is 7. The highest BCUT2D eigenvalue weighted by molar-refractivity contribution is 7.96. The maximum absolute atomic E-state index is 13.6. The number of hydrogen-bond donors (Lipinski definition) is 1. The van der Waals surface area contributed by atoms with E-state index in [2.05, 4.69) is 0 Å². The van der Waals surface area contributed by atoms with Crippen LogP contribution in [0, 0.1) is 0 Å². The van der Waals surface area contributed by atoms with Crippen LogP contribution < -0.4 is 9.80 Å². The van der Waals surface area contributed by atoms with Crippen molar-refractivity contribution in [2.24, 2.45) is 0 Å². The lowest BCUT2D eigenvalue weighted by molar-refractivity contribution is -0.258. The van der Waals surface area contributed by atoms with Crippen LogP contribution in [-0.4, -0.2) is 67.0 Å². The monoisotopic (exact) mass is 593 g/mol. The first kappa shape index (κ1) is 29.9. The lowest BCUT2D eigenvalue weighted by Crippen LogP contribution is -2.59. The summed E-state index contributed by atoms with van der Waals surface area (Å²) in [5, 5.41) is 10.1. The zero-order valence-electron chi connectivity index (χ0n) is 22.0. The molecule has 1 aliphatic heterocycles. The van der Waals surface area contributed by atoms with E-state index in [0.29, 0.717) is 29.6 Å². The molecule has 2 aliphatic rings. The van der Waals surface area contributed by atoms with Crippen LogP contribution in [0.2, 0.25) is 0 Å². The number of allylic oxidation sites excluding steroid dienone is 4. The number of carbonyl (C=O) groups excluding carboxylic acids is 1. The van der Waals surface area contributed by atoms with Gasteiger partial charge in [-0.3, -0.25) is 4.79 Å². The Morgan fingerprint density at radius 2 is 1.75 bits per heavy atom. The molecule has 2 aromatic rings. The molecular weight excluding hydrogens is 563 g/mol. The van der Waals surface area contributed by atoms with E-state index in [1.807, 2.05) is 11.0 Å². The fraction of sp³-hybridized carbons (Fsp3) is 0.357. The van der Waals surface area contributed by atoms with Gasteiger partial charge in [0.1, 0.15) is 0 Å². The minimum Gasteiger partial charge on any atom is -0.376 e. The minimum atomic E-state index is -4.86. The fourth-order valence-electron chi connectivity index (χ4n) is 4.81. The highest BCUT2D eigenvalue weighted by Crippen LogP contribution is 2.39. The van der Waals surface area contributed by atoms with E-state index in [1.165, 1.54) is 41.6 Å². The summed E-state index contributed by atoms with van der Waals surface area (Å²) in [6, 6.07) is 13.7. The summed E-state index contributed by atoms with van der Waals surface area (Å²) in [4.78, 5) is 16.5. The standard InChI is InChI=1S/C28H30F3N3O4S2/c1-20(35)34(22-8-4-3-5-9-22)19-24-18-32(40(37,38)26-11-7-6-10-25(26)39)16-17-33(24)23-14-12-21(13-15-23)27(2,36)28(29,30)31/h3-9,11-15,24,36H,10,16-19H2,1-2H3/t24-,27-/m1/s1. The second-order valence-electron chi connectivity index (χ2n) is 9.88. The summed E-state index contributed by atoms with van der Waals surface area (Å²) in [5.74, 6) is -0.246. The molecule has 7 nitrogen and oxygen atoms in total. The summed E-state index contributed by atoms with van der Waals surface area (Å²) in [7, 11) is -3.92. The molecule has 0 aromatic heterocycles. The van der Waals surface area contributed by atoms with Crippen molar-refractivity contribution in [1.29, 1.82) is 0 Å². The Morgan fingerprint density at radius 1 is 1.10 bits per heavy atom. The molecule has 1 fully saturated rings. The predicted octanol–water partition coefficient (Wildman–Crippen LogP) is 4.54. The van der Waals surface area contributed by atoms with Gasteiger partial charge in [-0.1, -0.05) is 54.7 Å². The van der Waals surface area contributed by atoms with E-state index in [-0.39, 0.29) is 42.6 Å². The topological polar surface area (TPSA) is 81.2 Å². The number of amides is 1. The van der Waals surface area contributed by atoms with Gasteiger partial charge in [-0.05, 0) is 42.8 Å². The molecular formula is C28H30F3N3O4S2. The Bertz CT molecular complexity index is 1420. The lowest BCUT2D eigenvalue weighted by atomic mass is 9.95. The fourth-order valence-corrected chi connectivity index (χ4v) is 6.88. The van der Waals surface area contributed by atoms with Gasteiger partial charge in [0.25, 0.3) is 0 Å². The molecule has 1 aliphatic carbocycles. The van der Waals surface area contributed by atoms with Gasteiger partial charge in [-0.15, -0.1) is 0 Å². The van der Waals surface area contributed by atoms with Crippen molar-refractivity contribution in [2.45, 2.75) is 38.1 Å². The Morgan fingerprint density at radius 3 is 2.33 bits per heavy atom. The van der Waals surface area contributed by atoms with Crippen molar-refractivity contribution in [1.82, 2.24) is 4.31 Å². The quantitative estimate of drug-likeness (QED) is 0.475. The molecule has 0 spiro atoms. The smallest absolute Gasteiger partial charge is 0.376 e. The second kappa shape index (κ2) is 11.4. The lowest BCUT2D eigenvalue weighted by Gasteiger charge is -2.44. The Kier molecular flexibility index (Phi) is 8.55. The number of sulfonamides is 1. The molecule has 12 heteroatoms. The zero-order chi connectivity index (χ0) is 29.3. The number of halogens is 3. The minimum absolute atomic E-state index is 0.0185. The van der Waals surface area contributed by atoms with Gasteiger partial charge in [0, 0.05) is 55.8 Å². The second-order valence-corrected chi connectivity index (χ2v) is 12.3. The van der Waals surface area contributed by atoms with Gasteiger partial charge in [0.15, 0.2) is 5.60 Å². The molecule has 2 atom stereocenters. The van der Waals surface area contributed by atoms with Crippen molar-refractivity contribution < 1.29 is 31.5 Å². The van der Waals surface area contributed by atoms with Crippen LogP contribution in [0.15, 0.2) is 77.7 Å². The molecule has 1 heterocycles. The molecule has 40 heavy (non-hydrogen) atoms. The highest BCUT2D eigenvalue weighted by atomic mass is 32.2. The van der Waals surface area contributed by atoms with Crippen molar-refractivity contribution in [2.75, 3.05) is 36.0 Å². The number of hydrogen-bond acceptors (Lipinski definition) is 6. The van der Waals surface area contributed by atoms with Crippen molar-refractivity contribution in [3.8, 4) is 0 Å². The first-order valence-corrected chi connectivity index (χ1v) is 14.5. The molecule has 0 unspecified atom stereocenters. The van der Waals surface area contributed by atoms with E-state index in [4.69, 9.17) is 12.2 Å². The van der Waals surface area contributed by atoms with E-state index in [0.717, 1.165) is 0 Å². The van der Waals surface area contributed by atoms with E-state index in [9.17, 15) is 31.5 Å². The SMILES string of the molecule is CC(=O)N(C[C@H]1CN(S(=O)(=O)C2=CC=CCC2=S)CCN1c1ccc([C@@](C)(O)C(F)(F)F)cc1)c1ccccc1. The summed E-state index contributed by atoms with van der Waals surface area (Å²) in [6.45, 7) is 2.57. The number of anilines is 2.